The number of anilines is 1. The molecule has 0 saturated carbocycles. The fourth-order valence-corrected chi connectivity index (χ4v) is 2.65. The first-order chi connectivity index (χ1) is 9.34. The molecule has 0 atom stereocenters. The molecule has 110 valence electrons. The highest BCUT2D eigenvalue weighted by molar-refractivity contribution is 7.92. The molecular weight excluding hydrogens is 282 g/mol. The number of hydrogen-bond acceptors (Lipinski definition) is 5. The third-order valence-electron chi connectivity index (χ3n) is 2.56. The normalized spacial score (nSPS) is 10.9. The first kappa shape index (κ1) is 16.2. The Kier molecular flexibility index (Phi) is 5.69. The molecular formula is C13H17NO5S. The molecule has 0 saturated heterocycles. The van der Waals surface area contributed by atoms with Crippen molar-refractivity contribution in [1.82, 2.24) is 0 Å². The highest BCUT2D eigenvalue weighted by Crippen LogP contribution is 2.13. The van der Waals surface area contributed by atoms with Gasteiger partial charge in [-0.1, -0.05) is 12.1 Å². The molecule has 0 radical (unpaired) electrons. The summed E-state index contributed by atoms with van der Waals surface area (Å²) in [6.07, 6.45) is 0.222. The van der Waals surface area contributed by atoms with Crippen LogP contribution in [-0.2, 0) is 19.6 Å². The van der Waals surface area contributed by atoms with Gasteiger partial charge in [0.05, 0.1) is 12.9 Å². The number of sulfonamides is 1. The summed E-state index contributed by atoms with van der Waals surface area (Å²) >= 11 is 0. The van der Waals surface area contributed by atoms with Gasteiger partial charge < -0.3 is 4.74 Å². The van der Waals surface area contributed by atoms with Crippen LogP contribution < -0.4 is 4.72 Å². The third-order valence-corrected chi connectivity index (χ3v) is 3.94. The molecule has 7 heteroatoms. The molecule has 1 rings (SSSR count). The molecule has 0 bridgehead atoms. The maximum Gasteiger partial charge on any atom is 0.305 e. The molecule has 20 heavy (non-hydrogen) atoms. The van der Waals surface area contributed by atoms with E-state index in [2.05, 4.69) is 9.46 Å². The van der Waals surface area contributed by atoms with Crippen molar-refractivity contribution in [3.8, 4) is 0 Å². The first-order valence-electron chi connectivity index (χ1n) is 6.02. The topological polar surface area (TPSA) is 89.5 Å². The third kappa shape index (κ3) is 5.40. The van der Waals surface area contributed by atoms with Crippen molar-refractivity contribution in [2.24, 2.45) is 0 Å². The monoisotopic (exact) mass is 299 g/mol. The van der Waals surface area contributed by atoms with E-state index in [1.165, 1.54) is 20.1 Å². The highest BCUT2D eigenvalue weighted by atomic mass is 32.2. The molecule has 1 N–H and O–H groups in total. The van der Waals surface area contributed by atoms with Crippen molar-refractivity contribution >= 4 is 27.5 Å². The van der Waals surface area contributed by atoms with Gasteiger partial charge in [0.1, 0.15) is 0 Å². The van der Waals surface area contributed by atoms with Gasteiger partial charge in [-0.05, 0) is 25.5 Å². The minimum atomic E-state index is -3.55. The smallest absolute Gasteiger partial charge is 0.305 e. The van der Waals surface area contributed by atoms with Gasteiger partial charge in [-0.15, -0.1) is 0 Å². The molecule has 0 spiro atoms. The molecule has 0 aliphatic heterocycles. The fourth-order valence-electron chi connectivity index (χ4n) is 1.54. The number of nitrogens with one attached hydrogen (secondary N) is 1. The van der Waals surface area contributed by atoms with Gasteiger partial charge in [-0.25, -0.2) is 8.42 Å². The van der Waals surface area contributed by atoms with Crippen LogP contribution in [0.1, 0.15) is 30.1 Å². The average Bonchev–Trinajstić information content (AvgIpc) is 2.37. The van der Waals surface area contributed by atoms with E-state index in [9.17, 15) is 18.0 Å². The summed E-state index contributed by atoms with van der Waals surface area (Å²) in [5.74, 6) is -0.776. The van der Waals surface area contributed by atoms with Gasteiger partial charge in [0.2, 0.25) is 10.0 Å². The summed E-state index contributed by atoms with van der Waals surface area (Å²) in [6, 6.07) is 6.24. The Labute approximate surface area is 118 Å². The Hall–Kier alpha value is -1.89. The summed E-state index contributed by atoms with van der Waals surface area (Å²) in [5.41, 5.74) is 0.760. The number of rotatable bonds is 7. The largest absolute Gasteiger partial charge is 0.469 e. The van der Waals surface area contributed by atoms with Gasteiger partial charge in [-0.2, -0.15) is 0 Å². The van der Waals surface area contributed by atoms with Crippen LogP contribution in [0.2, 0.25) is 0 Å². The quantitative estimate of drug-likeness (QED) is 0.610. The van der Waals surface area contributed by atoms with Crippen molar-refractivity contribution in [2.45, 2.75) is 19.8 Å². The van der Waals surface area contributed by atoms with E-state index in [1.807, 2.05) is 0 Å². The van der Waals surface area contributed by atoms with Crippen LogP contribution >= 0.6 is 0 Å². The van der Waals surface area contributed by atoms with Crippen LogP contribution in [0.25, 0.3) is 0 Å². The number of ketones is 1. The second-order valence-electron chi connectivity index (χ2n) is 4.24. The van der Waals surface area contributed by atoms with Crippen LogP contribution in [0.4, 0.5) is 5.69 Å². The van der Waals surface area contributed by atoms with Gasteiger partial charge >= 0.3 is 5.97 Å². The predicted molar refractivity (Wildman–Crippen MR) is 75.1 cm³/mol. The van der Waals surface area contributed by atoms with Crippen LogP contribution in [-0.4, -0.2) is 33.0 Å². The summed E-state index contributed by atoms with van der Waals surface area (Å²) in [4.78, 5) is 22.1. The Morgan fingerprint density at radius 3 is 2.60 bits per heavy atom. The van der Waals surface area contributed by atoms with Gasteiger partial charge in [0.25, 0.3) is 0 Å². The molecule has 0 amide bonds. The zero-order valence-corrected chi connectivity index (χ0v) is 12.2. The van der Waals surface area contributed by atoms with E-state index in [1.54, 1.807) is 18.2 Å². The molecule has 1 aromatic carbocycles. The Morgan fingerprint density at radius 2 is 2.00 bits per heavy atom. The number of Topliss-reactive ketones (excluding diaryl/α,β-unsaturated/α-hetero) is 1. The fraction of sp³-hybridized carbons (Fsp3) is 0.385. The van der Waals surface area contributed by atoms with Crippen LogP contribution in [0, 0.1) is 0 Å². The van der Waals surface area contributed by atoms with E-state index >= 15 is 0 Å². The van der Waals surface area contributed by atoms with Crippen molar-refractivity contribution in [2.75, 3.05) is 17.6 Å². The molecule has 0 fully saturated rings. The summed E-state index contributed by atoms with van der Waals surface area (Å²) in [5, 5.41) is 0. The van der Waals surface area contributed by atoms with Crippen LogP contribution in [0.3, 0.4) is 0 Å². The summed E-state index contributed by atoms with van der Waals surface area (Å²) in [7, 11) is -2.30. The van der Waals surface area contributed by atoms with E-state index in [-0.39, 0.29) is 24.4 Å². The van der Waals surface area contributed by atoms with Crippen molar-refractivity contribution in [3.05, 3.63) is 29.8 Å². The van der Waals surface area contributed by atoms with Crippen molar-refractivity contribution in [1.29, 1.82) is 0 Å². The predicted octanol–water partition coefficient (Wildman–Crippen LogP) is 1.58. The number of carbonyl (C=O) groups excluding carboxylic acids is 2. The Morgan fingerprint density at radius 1 is 1.30 bits per heavy atom. The highest BCUT2D eigenvalue weighted by Gasteiger charge is 2.12. The number of hydrogen-bond donors (Lipinski definition) is 1. The lowest BCUT2D eigenvalue weighted by Gasteiger charge is -2.08. The van der Waals surface area contributed by atoms with Crippen molar-refractivity contribution in [3.63, 3.8) is 0 Å². The van der Waals surface area contributed by atoms with Crippen LogP contribution in [0.15, 0.2) is 24.3 Å². The van der Waals surface area contributed by atoms with Crippen molar-refractivity contribution < 1.29 is 22.7 Å². The number of esters is 1. The minimum absolute atomic E-state index is 0.0465. The average molecular weight is 299 g/mol. The summed E-state index contributed by atoms with van der Waals surface area (Å²) < 4.78 is 30.4. The Balaban J connectivity index is 2.64. The van der Waals surface area contributed by atoms with E-state index in [4.69, 9.17) is 0 Å². The number of methoxy groups -OCH3 is 1. The molecule has 0 aromatic heterocycles. The molecule has 1 aromatic rings. The van der Waals surface area contributed by atoms with E-state index in [0.29, 0.717) is 11.3 Å². The van der Waals surface area contributed by atoms with Gasteiger partial charge in [-0.3, -0.25) is 14.3 Å². The zero-order valence-electron chi connectivity index (χ0n) is 11.4. The first-order valence-corrected chi connectivity index (χ1v) is 7.67. The Bertz CT molecular complexity index is 595. The second-order valence-corrected chi connectivity index (χ2v) is 6.08. The van der Waals surface area contributed by atoms with E-state index < -0.39 is 16.0 Å². The number of ether oxygens (including phenoxy) is 1. The molecule has 6 nitrogen and oxygen atoms in total. The standard InChI is InChI=1S/C13H17NO5S/c1-10(15)11-5-3-6-12(9-11)14-20(17,18)8-4-7-13(16)19-2/h3,5-6,9,14H,4,7-8H2,1-2H3. The maximum absolute atomic E-state index is 11.8. The SMILES string of the molecule is COC(=O)CCCS(=O)(=O)Nc1cccc(C(C)=O)c1. The molecule has 0 aliphatic rings. The van der Waals surface area contributed by atoms with Gasteiger partial charge in [0.15, 0.2) is 5.78 Å². The molecule has 0 heterocycles. The molecule has 0 aliphatic carbocycles. The summed E-state index contributed by atoms with van der Waals surface area (Å²) in [6.45, 7) is 1.41. The van der Waals surface area contributed by atoms with Crippen LogP contribution in [0.5, 0.6) is 0 Å². The lowest BCUT2D eigenvalue weighted by Crippen LogP contribution is -2.17. The number of carbonyl (C=O) groups is 2. The maximum atomic E-state index is 11.8. The molecule has 0 unspecified atom stereocenters. The number of benzene rings is 1. The van der Waals surface area contributed by atoms with E-state index in [0.717, 1.165) is 0 Å². The van der Waals surface area contributed by atoms with Gasteiger partial charge in [0, 0.05) is 17.7 Å². The minimum Gasteiger partial charge on any atom is -0.469 e. The second kappa shape index (κ2) is 7.04. The lowest BCUT2D eigenvalue weighted by molar-refractivity contribution is -0.140. The lowest BCUT2D eigenvalue weighted by atomic mass is 10.1. The zero-order chi connectivity index (χ0) is 15.2.